The molecule has 90 valence electrons. The maximum atomic E-state index is 11.4. The summed E-state index contributed by atoms with van der Waals surface area (Å²) < 4.78 is 5.33. The lowest BCUT2D eigenvalue weighted by Crippen LogP contribution is -2.32. The van der Waals surface area contributed by atoms with E-state index in [0.29, 0.717) is 4.57 Å². The van der Waals surface area contributed by atoms with Gasteiger partial charge in [-0.2, -0.15) is 4.57 Å². The van der Waals surface area contributed by atoms with Crippen molar-refractivity contribution in [1.29, 1.82) is 0 Å². The number of nitrogens with one attached hydrogen (secondary N) is 1. The first-order valence-corrected chi connectivity index (χ1v) is 4.51. The van der Waals surface area contributed by atoms with E-state index in [4.69, 9.17) is 9.52 Å². The van der Waals surface area contributed by atoms with Crippen LogP contribution in [0.5, 0.6) is 11.5 Å². The van der Waals surface area contributed by atoms with Gasteiger partial charge in [-0.25, -0.2) is 4.79 Å². The second-order valence-corrected chi connectivity index (χ2v) is 3.14. The smallest absolute Gasteiger partial charge is 0.335 e. The number of hydrogen-bond acceptors (Lipinski definition) is 6. The van der Waals surface area contributed by atoms with E-state index in [9.17, 15) is 19.8 Å². The lowest BCUT2D eigenvalue weighted by molar-refractivity contribution is 0.238. The van der Waals surface area contributed by atoms with E-state index in [1.165, 1.54) is 0 Å². The Bertz CT molecular complexity index is 637. The van der Waals surface area contributed by atoms with Crippen LogP contribution in [0.3, 0.4) is 0 Å². The maximum absolute atomic E-state index is 11.4. The van der Waals surface area contributed by atoms with Crippen molar-refractivity contribution in [1.82, 2.24) is 9.55 Å². The van der Waals surface area contributed by atoms with Gasteiger partial charge in [0.2, 0.25) is 11.5 Å². The van der Waals surface area contributed by atoms with Crippen LogP contribution in [0.2, 0.25) is 0 Å². The highest BCUT2D eigenvalue weighted by atomic mass is 16.4. The first-order valence-electron chi connectivity index (χ1n) is 4.51. The van der Waals surface area contributed by atoms with Crippen LogP contribution in [0.1, 0.15) is 5.76 Å². The summed E-state index contributed by atoms with van der Waals surface area (Å²) in [5, 5.41) is 27.6. The first-order chi connectivity index (χ1) is 8.06. The van der Waals surface area contributed by atoms with Gasteiger partial charge in [-0.15, -0.1) is 0 Å². The molecule has 2 rings (SSSR count). The van der Waals surface area contributed by atoms with Crippen LogP contribution in [0.4, 0.5) is 0 Å². The SMILES string of the molecule is O=c1cc[nH]c(=O)n1-c1oc(CO)c(O)c1O. The summed E-state index contributed by atoms with van der Waals surface area (Å²) in [5.74, 6) is -2.38. The Morgan fingerprint density at radius 3 is 2.53 bits per heavy atom. The number of H-pyrrole nitrogens is 1. The van der Waals surface area contributed by atoms with Gasteiger partial charge in [-0.05, 0) is 0 Å². The molecule has 0 radical (unpaired) electrons. The van der Waals surface area contributed by atoms with Crippen molar-refractivity contribution in [2.24, 2.45) is 0 Å². The fourth-order valence-corrected chi connectivity index (χ4v) is 1.32. The number of aromatic amines is 1. The summed E-state index contributed by atoms with van der Waals surface area (Å²) in [6, 6.07) is 1.04. The van der Waals surface area contributed by atoms with Gasteiger partial charge in [-0.1, -0.05) is 0 Å². The lowest BCUT2D eigenvalue weighted by Gasteiger charge is -1.98. The third kappa shape index (κ3) is 1.60. The summed E-state index contributed by atoms with van der Waals surface area (Å²) in [4.78, 5) is 25.0. The summed E-state index contributed by atoms with van der Waals surface area (Å²) in [7, 11) is 0. The number of rotatable bonds is 2. The molecule has 0 saturated carbocycles. The highest BCUT2D eigenvalue weighted by Crippen LogP contribution is 2.37. The molecule has 2 aromatic rings. The zero-order chi connectivity index (χ0) is 12.6. The summed E-state index contributed by atoms with van der Waals surface area (Å²) in [6.07, 6.45) is 1.13. The molecule has 8 nitrogen and oxygen atoms in total. The van der Waals surface area contributed by atoms with Crippen LogP contribution in [-0.2, 0) is 6.61 Å². The van der Waals surface area contributed by atoms with Gasteiger partial charge in [0, 0.05) is 12.3 Å². The van der Waals surface area contributed by atoms with E-state index in [2.05, 4.69) is 4.98 Å². The van der Waals surface area contributed by atoms with Gasteiger partial charge >= 0.3 is 5.69 Å². The van der Waals surface area contributed by atoms with Gasteiger partial charge < -0.3 is 24.7 Å². The minimum atomic E-state index is -0.842. The topological polar surface area (TPSA) is 129 Å². The minimum absolute atomic E-state index is 0.340. The van der Waals surface area contributed by atoms with Crippen molar-refractivity contribution < 1.29 is 19.7 Å². The fraction of sp³-hybridized carbons (Fsp3) is 0.111. The van der Waals surface area contributed by atoms with Crippen LogP contribution in [0.15, 0.2) is 26.3 Å². The first kappa shape index (κ1) is 11.0. The molecule has 0 aliphatic rings. The molecular formula is C9H8N2O6. The molecular weight excluding hydrogens is 232 g/mol. The molecule has 0 amide bonds. The van der Waals surface area contributed by atoms with E-state index in [1.807, 2.05) is 0 Å². The predicted molar refractivity (Wildman–Crippen MR) is 54.2 cm³/mol. The normalized spacial score (nSPS) is 10.6. The Hall–Kier alpha value is -2.48. The van der Waals surface area contributed by atoms with Crippen molar-refractivity contribution in [2.75, 3.05) is 0 Å². The average Bonchev–Trinajstić information content (AvgIpc) is 2.57. The van der Waals surface area contributed by atoms with Gasteiger partial charge in [0.25, 0.3) is 11.4 Å². The standard InChI is InChI=1S/C9H8N2O6/c12-3-4-6(14)7(15)8(17-4)11-5(13)1-2-10-9(11)16/h1-2,12,14-15H,3H2,(H,10,16). The quantitative estimate of drug-likeness (QED) is 0.534. The van der Waals surface area contributed by atoms with Crippen molar-refractivity contribution >= 4 is 0 Å². The molecule has 2 heterocycles. The average molecular weight is 240 g/mol. The molecule has 2 aromatic heterocycles. The van der Waals surface area contributed by atoms with E-state index < -0.39 is 35.2 Å². The van der Waals surface area contributed by atoms with Crippen molar-refractivity contribution in [3.63, 3.8) is 0 Å². The highest BCUT2D eigenvalue weighted by molar-refractivity contribution is 5.51. The van der Waals surface area contributed by atoms with E-state index in [0.717, 1.165) is 12.3 Å². The number of aliphatic hydroxyl groups excluding tert-OH is 1. The molecule has 0 atom stereocenters. The number of nitrogens with zero attached hydrogens (tertiary/aromatic N) is 1. The molecule has 0 aromatic carbocycles. The van der Waals surface area contributed by atoms with Crippen LogP contribution in [-0.4, -0.2) is 24.9 Å². The number of aliphatic hydroxyl groups is 1. The molecule has 0 spiro atoms. The molecule has 0 aliphatic carbocycles. The third-order valence-corrected chi connectivity index (χ3v) is 2.11. The largest absolute Gasteiger partial charge is 0.502 e. The Kier molecular flexibility index (Phi) is 2.48. The zero-order valence-corrected chi connectivity index (χ0v) is 8.38. The molecule has 8 heteroatoms. The highest BCUT2D eigenvalue weighted by Gasteiger charge is 2.22. The molecule has 0 unspecified atom stereocenters. The van der Waals surface area contributed by atoms with Crippen molar-refractivity contribution in [3.05, 3.63) is 38.9 Å². The molecule has 0 saturated heterocycles. The molecule has 0 fully saturated rings. The van der Waals surface area contributed by atoms with Crippen LogP contribution in [0, 0.1) is 0 Å². The maximum Gasteiger partial charge on any atom is 0.335 e. The minimum Gasteiger partial charge on any atom is -0.502 e. The summed E-state index contributed by atoms with van der Waals surface area (Å²) in [5.41, 5.74) is -1.59. The number of hydrogen-bond donors (Lipinski definition) is 4. The summed E-state index contributed by atoms with van der Waals surface area (Å²) in [6.45, 7) is -0.682. The van der Waals surface area contributed by atoms with Crippen LogP contribution < -0.4 is 11.2 Å². The number of aromatic hydroxyl groups is 2. The van der Waals surface area contributed by atoms with E-state index >= 15 is 0 Å². The van der Waals surface area contributed by atoms with Crippen molar-refractivity contribution in [2.45, 2.75) is 6.61 Å². The molecule has 17 heavy (non-hydrogen) atoms. The van der Waals surface area contributed by atoms with Crippen molar-refractivity contribution in [3.8, 4) is 17.4 Å². The predicted octanol–water partition coefficient (Wildman–Crippen LogP) is -0.978. The molecule has 0 bridgehead atoms. The molecule has 0 aliphatic heterocycles. The van der Waals surface area contributed by atoms with E-state index in [-0.39, 0.29) is 5.76 Å². The Balaban J connectivity index is 2.78. The van der Waals surface area contributed by atoms with Gasteiger partial charge in [-0.3, -0.25) is 4.79 Å². The number of aromatic nitrogens is 2. The Morgan fingerprint density at radius 1 is 1.29 bits per heavy atom. The van der Waals surface area contributed by atoms with Gasteiger partial charge in [0.05, 0.1) is 0 Å². The molecule has 4 N–H and O–H groups in total. The Morgan fingerprint density at radius 2 is 2.00 bits per heavy atom. The second kappa shape index (κ2) is 3.83. The van der Waals surface area contributed by atoms with Crippen LogP contribution in [0.25, 0.3) is 5.88 Å². The monoisotopic (exact) mass is 240 g/mol. The fourth-order valence-electron chi connectivity index (χ4n) is 1.32. The number of furan rings is 1. The second-order valence-electron chi connectivity index (χ2n) is 3.14. The Labute approximate surface area is 93.0 Å². The van der Waals surface area contributed by atoms with Crippen LogP contribution >= 0.6 is 0 Å². The van der Waals surface area contributed by atoms with Gasteiger partial charge in [0.15, 0.2) is 5.76 Å². The third-order valence-electron chi connectivity index (χ3n) is 2.11. The summed E-state index contributed by atoms with van der Waals surface area (Å²) >= 11 is 0. The van der Waals surface area contributed by atoms with Gasteiger partial charge in [0.1, 0.15) is 6.61 Å². The zero-order valence-electron chi connectivity index (χ0n) is 8.38. The van der Waals surface area contributed by atoms with E-state index in [1.54, 1.807) is 0 Å². The lowest BCUT2D eigenvalue weighted by atomic mass is 10.4.